The highest BCUT2D eigenvalue weighted by Crippen LogP contribution is 2.31. The number of aryl methyl sites for hydroxylation is 3. The number of imidazole rings is 1. The van der Waals surface area contributed by atoms with Crippen molar-refractivity contribution >= 4 is 39.2 Å². The minimum atomic E-state index is -3.72. The average Bonchev–Trinajstić information content (AvgIpc) is 3.13. The maximum atomic E-state index is 12.8. The Labute approximate surface area is 197 Å². The number of ether oxygens (including phenoxy) is 2. The Kier molecular flexibility index (Phi) is 7.65. The summed E-state index contributed by atoms with van der Waals surface area (Å²) in [7, 11) is -0.540. The van der Waals surface area contributed by atoms with Crippen LogP contribution in [0.15, 0.2) is 23.4 Å². The maximum Gasteiger partial charge on any atom is 0.309 e. The van der Waals surface area contributed by atoms with E-state index >= 15 is 0 Å². The number of hydrogen-bond donors (Lipinski definition) is 1. The van der Waals surface area contributed by atoms with E-state index in [9.17, 15) is 18.0 Å². The van der Waals surface area contributed by atoms with Crippen LogP contribution in [0.5, 0.6) is 5.75 Å². The van der Waals surface area contributed by atoms with Gasteiger partial charge in [-0.15, -0.1) is 0 Å². The van der Waals surface area contributed by atoms with Gasteiger partial charge in [-0.05, 0) is 38.3 Å². The zero-order valence-corrected chi connectivity index (χ0v) is 20.5. The summed E-state index contributed by atoms with van der Waals surface area (Å²) in [6, 6.07) is 3.26. The van der Waals surface area contributed by atoms with Crippen molar-refractivity contribution < 1.29 is 27.5 Å². The average molecular weight is 499 g/mol. The van der Waals surface area contributed by atoms with Crippen molar-refractivity contribution in [2.75, 3.05) is 32.1 Å². The van der Waals surface area contributed by atoms with E-state index in [1.807, 2.05) is 0 Å². The molecular weight excluding hydrogens is 472 g/mol. The molecule has 1 aliphatic heterocycles. The van der Waals surface area contributed by atoms with Gasteiger partial charge in [-0.1, -0.05) is 11.6 Å². The van der Waals surface area contributed by atoms with Crippen LogP contribution in [0.4, 0.5) is 5.69 Å². The monoisotopic (exact) mass is 498 g/mol. The number of sulfonamides is 1. The van der Waals surface area contributed by atoms with Gasteiger partial charge < -0.3 is 19.4 Å². The predicted molar refractivity (Wildman–Crippen MR) is 122 cm³/mol. The number of piperidine rings is 1. The number of benzene rings is 1. The minimum Gasteiger partial charge on any atom is -0.495 e. The first kappa shape index (κ1) is 25.0. The lowest BCUT2D eigenvalue weighted by molar-refractivity contribution is -0.152. The zero-order chi connectivity index (χ0) is 24.3. The number of aromatic nitrogens is 2. The van der Waals surface area contributed by atoms with Gasteiger partial charge in [0.25, 0.3) is 15.9 Å². The van der Waals surface area contributed by atoms with Gasteiger partial charge in [-0.2, -0.15) is 4.31 Å². The molecule has 1 N–H and O–H groups in total. The van der Waals surface area contributed by atoms with Crippen molar-refractivity contribution in [3.8, 4) is 5.75 Å². The second-order valence-corrected chi connectivity index (χ2v) is 10.2. The number of nitrogens with one attached hydrogen (secondary N) is 1. The fourth-order valence-electron chi connectivity index (χ4n) is 3.49. The van der Waals surface area contributed by atoms with E-state index in [0.717, 1.165) is 5.56 Å². The summed E-state index contributed by atoms with van der Waals surface area (Å²) in [5.41, 5.74) is 1.18. The topological polar surface area (TPSA) is 120 Å². The lowest BCUT2D eigenvalue weighted by Crippen LogP contribution is -2.41. The van der Waals surface area contributed by atoms with Crippen LogP contribution in [-0.4, -0.2) is 61.0 Å². The van der Waals surface area contributed by atoms with Crippen LogP contribution in [0.25, 0.3) is 0 Å². The van der Waals surface area contributed by atoms with Crippen molar-refractivity contribution in [3.05, 3.63) is 34.7 Å². The molecule has 0 atom stereocenters. The van der Waals surface area contributed by atoms with Gasteiger partial charge in [-0.3, -0.25) is 9.59 Å². The highest BCUT2D eigenvalue weighted by Gasteiger charge is 2.34. The Morgan fingerprint density at radius 3 is 2.48 bits per heavy atom. The largest absolute Gasteiger partial charge is 0.495 e. The first-order chi connectivity index (χ1) is 15.5. The second-order valence-electron chi connectivity index (χ2n) is 7.87. The SMILES string of the molecule is COc1cc(Cl)c(C)cc1NC(=O)COC(=O)C1CCN(S(=O)(=O)c2cn(C)c(C)n2)CC1. The summed E-state index contributed by atoms with van der Waals surface area (Å²) in [6.45, 7) is 3.40. The van der Waals surface area contributed by atoms with Crippen molar-refractivity contribution in [1.82, 2.24) is 13.9 Å². The molecule has 1 aromatic carbocycles. The molecule has 0 unspecified atom stereocenters. The van der Waals surface area contributed by atoms with Crippen LogP contribution >= 0.6 is 11.6 Å². The Bertz CT molecular complexity index is 1140. The number of carbonyl (C=O) groups excluding carboxylic acids is 2. The minimum absolute atomic E-state index is 0.00642. The van der Waals surface area contributed by atoms with Gasteiger partial charge in [0.2, 0.25) is 0 Å². The summed E-state index contributed by atoms with van der Waals surface area (Å²) >= 11 is 6.06. The van der Waals surface area contributed by atoms with Crippen molar-refractivity contribution in [3.63, 3.8) is 0 Å². The molecular formula is C21H27ClN4O6S. The van der Waals surface area contributed by atoms with E-state index in [1.54, 1.807) is 37.6 Å². The Morgan fingerprint density at radius 2 is 1.91 bits per heavy atom. The first-order valence-corrected chi connectivity index (χ1v) is 12.2. The van der Waals surface area contributed by atoms with Crippen LogP contribution < -0.4 is 10.1 Å². The number of hydrogen-bond acceptors (Lipinski definition) is 7. The number of anilines is 1. The van der Waals surface area contributed by atoms with Gasteiger partial charge in [0.1, 0.15) is 11.6 Å². The molecule has 2 aromatic rings. The highest BCUT2D eigenvalue weighted by atomic mass is 35.5. The smallest absolute Gasteiger partial charge is 0.309 e. The molecule has 1 aromatic heterocycles. The van der Waals surface area contributed by atoms with Gasteiger partial charge in [0.15, 0.2) is 11.6 Å². The molecule has 0 aliphatic carbocycles. The Balaban J connectivity index is 1.51. The Hall–Kier alpha value is -2.63. The fraction of sp³-hybridized carbons (Fsp3) is 0.476. The molecule has 0 bridgehead atoms. The maximum absolute atomic E-state index is 12.8. The summed E-state index contributed by atoms with van der Waals surface area (Å²) < 4.78 is 38.9. The van der Waals surface area contributed by atoms with Crippen LogP contribution in [0, 0.1) is 19.8 Å². The molecule has 12 heteroatoms. The van der Waals surface area contributed by atoms with Gasteiger partial charge >= 0.3 is 5.97 Å². The fourth-order valence-corrected chi connectivity index (χ4v) is 5.13. The van der Waals surface area contributed by atoms with Crippen LogP contribution in [0.1, 0.15) is 24.2 Å². The number of amides is 1. The number of esters is 1. The summed E-state index contributed by atoms with van der Waals surface area (Å²) in [5.74, 6) is -0.551. The van der Waals surface area contributed by atoms with E-state index in [4.69, 9.17) is 21.1 Å². The molecule has 1 saturated heterocycles. The lowest BCUT2D eigenvalue weighted by Gasteiger charge is -2.29. The summed E-state index contributed by atoms with van der Waals surface area (Å²) in [5, 5.41) is 3.14. The molecule has 10 nitrogen and oxygen atoms in total. The van der Waals surface area contributed by atoms with E-state index in [0.29, 0.717) is 35.1 Å². The molecule has 1 aliphatic rings. The van der Waals surface area contributed by atoms with Crippen LogP contribution in [0.3, 0.4) is 0 Å². The van der Waals surface area contributed by atoms with E-state index < -0.39 is 34.4 Å². The molecule has 180 valence electrons. The molecule has 1 amide bonds. The number of rotatable bonds is 7. The standard InChI is InChI=1S/C21H27ClN4O6S/c1-13-9-17(18(31-4)10-16(13)22)24-19(27)12-32-21(28)15-5-7-26(8-6-15)33(29,30)20-11-25(3)14(2)23-20/h9-11,15H,5-8,12H2,1-4H3,(H,24,27). The molecule has 2 heterocycles. The number of nitrogens with zero attached hydrogens (tertiary/aromatic N) is 3. The molecule has 0 saturated carbocycles. The lowest BCUT2D eigenvalue weighted by atomic mass is 9.98. The summed E-state index contributed by atoms with van der Waals surface area (Å²) in [4.78, 5) is 28.8. The third-order valence-corrected chi connectivity index (χ3v) is 7.76. The zero-order valence-electron chi connectivity index (χ0n) is 18.9. The normalized spacial score (nSPS) is 15.3. The number of methoxy groups -OCH3 is 1. The number of carbonyl (C=O) groups is 2. The Morgan fingerprint density at radius 1 is 1.24 bits per heavy atom. The van der Waals surface area contributed by atoms with Crippen molar-refractivity contribution in [2.24, 2.45) is 13.0 Å². The summed E-state index contributed by atoms with van der Waals surface area (Å²) in [6.07, 6.45) is 2.08. The molecule has 1 fully saturated rings. The first-order valence-electron chi connectivity index (χ1n) is 10.3. The van der Waals surface area contributed by atoms with Gasteiger partial charge in [0.05, 0.1) is 18.7 Å². The molecule has 0 radical (unpaired) electrons. The third-order valence-electron chi connectivity index (χ3n) is 5.58. The van der Waals surface area contributed by atoms with E-state index in [1.165, 1.54) is 17.6 Å². The van der Waals surface area contributed by atoms with E-state index in [2.05, 4.69) is 10.3 Å². The van der Waals surface area contributed by atoms with Crippen LogP contribution in [0.2, 0.25) is 5.02 Å². The van der Waals surface area contributed by atoms with Gasteiger partial charge in [-0.25, -0.2) is 13.4 Å². The van der Waals surface area contributed by atoms with Gasteiger partial charge in [0, 0.05) is 37.4 Å². The molecule has 0 spiro atoms. The van der Waals surface area contributed by atoms with Crippen LogP contribution in [-0.2, 0) is 31.4 Å². The number of halogens is 1. The quantitative estimate of drug-likeness (QED) is 0.581. The molecule has 3 rings (SSSR count). The molecule has 33 heavy (non-hydrogen) atoms. The van der Waals surface area contributed by atoms with E-state index in [-0.39, 0.29) is 18.1 Å². The van der Waals surface area contributed by atoms with Crippen molar-refractivity contribution in [2.45, 2.75) is 31.7 Å². The highest BCUT2D eigenvalue weighted by molar-refractivity contribution is 7.89. The predicted octanol–water partition coefficient (Wildman–Crippen LogP) is 2.28. The third kappa shape index (κ3) is 5.66. The van der Waals surface area contributed by atoms with Crippen molar-refractivity contribution in [1.29, 1.82) is 0 Å². The second kappa shape index (κ2) is 10.1.